The SMILES string of the molecule is CC(B1C2CCCC1CCC2)C(B1C2CCCC1CCC2)C(C)(C)C. The molecular formula is C23H42B2. The molecule has 4 aliphatic rings. The van der Waals surface area contributed by atoms with Crippen LogP contribution in [0.1, 0.15) is 105 Å². The zero-order chi connectivity index (χ0) is 17.6. The average Bonchev–Trinajstić information content (AvgIpc) is 2.52. The fourth-order valence-electron chi connectivity index (χ4n) is 8.86. The van der Waals surface area contributed by atoms with Crippen LogP contribution in [0.15, 0.2) is 0 Å². The first kappa shape index (κ1) is 18.5. The number of hydrogen-bond acceptors (Lipinski definition) is 0. The van der Waals surface area contributed by atoms with E-state index in [1.807, 2.05) is 0 Å². The van der Waals surface area contributed by atoms with E-state index in [0.29, 0.717) is 5.41 Å². The minimum atomic E-state index is 0.487. The predicted molar refractivity (Wildman–Crippen MR) is 115 cm³/mol. The molecule has 2 atom stereocenters. The second kappa shape index (κ2) is 7.27. The third-order valence-corrected chi connectivity index (χ3v) is 9.36. The summed E-state index contributed by atoms with van der Waals surface area (Å²) in [6.45, 7) is 12.6. The summed E-state index contributed by atoms with van der Waals surface area (Å²) in [4.78, 5) is 0. The Balaban J connectivity index is 1.63. The molecule has 0 aromatic rings. The highest BCUT2D eigenvalue weighted by molar-refractivity contribution is 6.70. The number of rotatable bonds is 3. The van der Waals surface area contributed by atoms with Crippen molar-refractivity contribution in [3.8, 4) is 0 Å². The van der Waals surface area contributed by atoms with Gasteiger partial charge in [-0.2, -0.15) is 0 Å². The molecule has 2 unspecified atom stereocenters. The molecule has 0 saturated carbocycles. The third-order valence-electron chi connectivity index (χ3n) is 9.36. The van der Waals surface area contributed by atoms with Gasteiger partial charge in [-0.3, -0.25) is 0 Å². The van der Waals surface area contributed by atoms with Crippen LogP contribution in [0.2, 0.25) is 34.9 Å². The fraction of sp³-hybridized carbons (Fsp3) is 1.00. The summed E-state index contributed by atoms with van der Waals surface area (Å²) in [5.41, 5.74) is 0.487. The minimum absolute atomic E-state index is 0.487. The topological polar surface area (TPSA) is 0 Å². The van der Waals surface area contributed by atoms with Gasteiger partial charge in [-0.05, 0) is 5.41 Å². The highest BCUT2D eigenvalue weighted by atomic mass is 14.4. The first-order valence-corrected chi connectivity index (χ1v) is 12.0. The second-order valence-electron chi connectivity index (χ2n) is 11.7. The Morgan fingerprint density at radius 2 is 0.920 bits per heavy atom. The van der Waals surface area contributed by atoms with Crippen molar-refractivity contribution in [1.82, 2.24) is 0 Å². The molecule has 4 rings (SSSR count). The fourth-order valence-corrected chi connectivity index (χ4v) is 8.86. The van der Waals surface area contributed by atoms with Crippen molar-refractivity contribution in [2.24, 2.45) is 5.41 Å². The van der Waals surface area contributed by atoms with Gasteiger partial charge < -0.3 is 0 Å². The molecule has 25 heavy (non-hydrogen) atoms. The summed E-state index contributed by atoms with van der Waals surface area (Å²) >= 11 is 0. The Bertz CT molecular complexity index is 409. The summed E-state index contributed by atoms with van der Waals surface area (Å²) in [6.07, 6.45) is 18.6. The first-order valence-electron chi connectivity index (χ1n) is 12.0. The maximum absolute atomic E-state index is 2.72. The van der Waals surface area contributed by atoms with Crippen molar-refractivity contribution < 1.29 is 0 Å². The van der Waals surface area contributed by atoms with Crippen LogP contribution in [-0.4, -0.2) is 13.4 Å². The molecule has 4 bridgehead atoms. The number of hydrogen-bond donors (Lipinski definition) is 0. The van der Waals surface area contributed by atoms with Crippen LogP contribution >= 0.6 is 0 Å². The van der Waals surface area contributed by atoms with Crippen LogP contribution in [0.5, 0.6) is 0 Å². The first-order chi connectivity index (χ1) is 12.0. The molecule has 0 aromatic carbocycles. The molecule has 0 spiro atoms. The average molecular weight is 340 g/mol. The Labute approximate surface area is 158 Å². The lowest BCUT2D eigenvalue weighted by molar-refractivity contribution is 0.328. The van der Waals surface area contributed by atoms with Crippen molar-refractivity contribution in [3.63, 3.8) is 0 Å². The molecule has 4 aliphatic heterocycles. The summed E-state index contributed by atoms with van der Waals surface area (Å²) in [5, 5.41) is 0. The standard InChI is InChI=1S/C23H42B2/c1-17(24-18-9-5-10-19(24)12-6-11-18)22(23(2,3)4)25-20-13-7-14-21(25)16-8-15-20/h17-22H,5-16H2,1-4H3. The molecule has 0 amide bonds. The zero-order valence-electron chi connectivity index (χ0n) is 17.6. The Hall–Kier alpha value is 0.130. The van der Waals surface area contributed by atoms with Crippen LogP contribution in [0.25, 0.3) is 0 Å². The van der Waals surface area contributed by atoms with Gasteiger partial charge in [0, 0.05) is 0 Å². The van der Waals surface area contributed by atoms with Gasteiger partial charge in [0.25, 0.3) is 0 Å². The molecule has 4 heterocycles. The smallest absolute Gasteiger partial charge is 0.0694 e. The monoisotopic (exact) mass is 340 g/mol. The van der Waals surface area contributed by atoms with Crippen LogP contribution < -0.4 is 0 Å². The largest absolute Gasteiger partial charge is 0.149 e. The Kier molecular flexibility index (Phi) is 5.38. The van der Waals surface area contributed by atoms with Crippen molar-refractivity contribution in [2.75, 3.05) is 0 Å². The van der Waals surface area contributed by atoms with Gasteiger partial charge in [0.2, 0.25) is 0 Å². The molecule has 2 heteroatoms. The highest BCUT2D eigenvalue weighted by Gasteiger charge is 2.53. The maximum atomic E-state index is 2.72. The molecular weight excluding hydrogens is 298 g/mol. The molecule has 0 aromatic heterocycles. The molecule has 0 N–H and O–H groups in total. The summed E-state index contributed by atoms with van der Waals surface area (Å²) in [5.74, 6) is 6.23. The van der Waals surface area contributed by atoms with Gasteiger partial charge in [0.05, 0.1) is 0 Å². The molecule has 0 aliphatic carbocycles. The van der Waals surface area contributed by atoms with E-state index in [0.717, 1.165) is 48.3 Å². The summed E-state index contributed by atoms with van der Waals surface area (Å²) in [6, 6.07) is 0. The molecule has 0 nitrogen and oxygen atoms in total. The molecule has 4 saturated heterocycles. The predicted octanol–water partition coefficient (Wildman–Crippen LogP) is 8.00. The van der Waals surface area contributed by atoms with Crippen LogP contribution in [-0.2, 0) is 0 Å². The van der Waals surface area contributed by atoms with Gasteiger partial charge in [0.1, 0.15) is 13.4 Å². The Morgan fingerprint density at radius 1 is 0.600 bits per heavy atom. The van der Waals surface area contributed by atoms with Crippen LogP contribution in [0.3, 0.4) is 0 Å². The lowest BCUT2D eigenvalue weighted by Gasteiger charge is -2.54. The van der Waals surface area contributed by atoms with E-state index in [9.17, 15) is 0 Å². The normalized spacial score (nSPS) is 38.4. The third kappa shape index (κ3) is 3.50. The highest BCUT2D eigenvalue weighted by Crippen LogP contribution is 2.61. The van der Waals surface area contributed by atoms with Crippen LogP contribution in [0, 0.1) is 5.41 Å². The van der Waals surface area contributed by atoms with E-state index in [2.05, 4.69) is 27.7 Å². The van der Waals surface area contributed by atoms with E-state index < -0.39 is 0 Å². The Morgan fingerprint density at radius 3 is 1.24 bits per heavy atom. The second-order valence-corrected chi connectivity index (χ2v) is 11.7. The van der Waals surface area contributed by atoms with E-state index in [1.54, 1.807) is 51.4 Å². The van der Waals surface area contributed by atoms with E-state index in [-0.39, 0.29) is 0 Å². The van der Waals surface area contributed by atoms with Crippen molar-refractivity contribution >= 4 is 13.4 Å². The maximum Gasteiger partial charge on any atom is 0.149 e. The van der Waals surface area contributed by atoms with Crippen LogP contribution in [0.4, 0.5) is 0 Å². The van der Waals surface area contributed by atoms with Crippen molar-refractivity contribution in [3.05, 3.63) is 0 Å². The van der Waals surface area contributed by atoms with Crippen molar-refractivity contribution in [1.29, 1.82) is 0 Å². The quantitative estimate of drug-likeness (QED) is 0.457. The zero-order valence-corrected chi connectivity index (χ0v) is 17.6. The van der Waals surface area contributed by atoms with Gasteiger partial charge in [-0.15, -0.1) is 0 Å². The molecule has 4 fully saturated rings. The van der Waals surface area contributed by atoms with E-state index in [4.69, 9.17) is 0 Å². The molecule has 140 valence electrons. The van der Waals surface area contributed by atoms with Crippen molar-refractivity contribution in [2.45, 2.75) is 140 Å². The summed E-state index contributed by atoms with van der Waals surface area (Å²) < 4.78 is 0. The van der Waals surface area contributed by atoms with Gasteiger partial charge in [0.15, 0.2) is 0 Å². The lowest BCUT2D eigenvalue weighted by Crippen LogP contribution is -2.49. The van der Waals surface area contributed by atoms with Gasteiger partial charge >= 0.3 is 0 Å². The lowest BCUT2D eigenvalue weighted by atomic mass is 9.12. The number of fused-ring (bicyclic) bond motifs is 4. The van der Waals surface area contributed by atoms with Gasteiger partial charge in [-0.1, -0.05) is 140 Å². The molecule has 0 radical (unpaired) electrons. The van der Waals surface area contributed by atoms with E-state index in [1.165, 1.54) is 25.7 Å². The minimum Gasteiger partial charge on any atom is -0.0694 e. The summed E-state index contributed by atoms with van der Waals surface area (Å²) in [7, 11) is 0. The van der Waals surface area contributed by atoms with E-state index >= 15 is 0 Å². The van der Waals surface area contributed by atoms with Gasteiger partial charge in [-0.25, -0.2) is 0 Å².